The third kappa shape index (κ3) is 6.38. The number of carbonyl (C=O) groups excluding carboxylic acids is 3. The minimum absolute atomic E-state index is 0.00998. The van der Waals surface area contributed by atoms with Crippen LogP contribution in [-0.4, -0.2) is 65.4 Å². The first kappa shape index (κ1) is 24.8. The van der Waals surface area contributed by atoms with E-state index >= 15 is 0 Å². The standard InChI is InChI=1S/C25H44N4O3/c1-4-18(2)22(27-25(32)26-21-13-9-6-10-14-21)24(31)28-15-16-29(19(3)17-28)23(30)20-11-7-5-8-12-20/h18-22H,4-17H2,1-3H3,(H2,26,27,32). The van der Waals surface area contributed by atoms with Crippen molar-refractivity contribution in [1.29, 1.82) is 0 Å². The van der Waals surface area contributed by atoms with Gasteiger partial charge in [0.25, 0.3) is 0 Å². The number of piperazine rings is 1. The highest BCUT2D eigenvalue weighted by Gasteiger charge is 2.37. The Hall–Kier alpha value is -1.79. The molecule has 32 heavy (non-hydrogen) atoms. The van der Waals surface area contributed by atoms with Crippen LogP contribution in [0.2, 0.25) is 0 Å². The lowest BCUT2D eigenvalue weighted by atomic mass is 9.87. The molecule has 1 saturated heterocycles. The summed E-state index contributed by atoms with van der Waals surface area (Å²) in [4.78, 5) is 43.0. The zero-order valence-corrected chi connectivity index (χ0v) is 20.4. The Morgan fingerprint density at radius 1 is 0.938 bits per heavy atom. The lowest BCUT2D eigenvalue weighted by Crippen LogP contribution is -2.61. The quantitative estimate of drug-likeness (QED) is 0.650. The second kappa shape index (κ2) is 11.9. The summed E-state index contributed by atoms with van der Waals surface area (Å²) < 4.78 is 0. The van der Waals surface area contributed by atoms with Crippen LogP contribution in [0.4, 0.5) is 4.79 Å². The Labute approximate surface area is 194 Å². The number of amides is 4. The van der Waals surface area contributed by atoms with Gasteiger partial charge in [0, 0.05) is 37.6 Å². The molecule has 7 nitrogen and oxygen atoms in total. The van der Waals surface area contributed by atoms with Crippen LogP contribution in [0.3, 0.4) is 0 Å². The van der Waals surface area contributed by atoms with E-state index in [9.17, 15) is 14.4 Å². The van der Waals surface area contributed by atoms with E-state index in [0.29, 0.717) is 19.6 Å². The highest BCUT2D eigenvalue weighted by atomic mass is 16.2. The molecule has 3 atom stereocenters. The number of rotatable bonds is 6. The molecule has 0 aromatic heterocycles. The summed E-state index contributed by atoms with van der Waals surface area (Å²) in [7, 11) is 0. The SMILES string of the molecule is CCC(C)C(NC(=O)NC1CCCCC1)C(=O)N1CCN(C(=O)C2CCCCC2)C(C)C1. The number of hydrogen-bond donors (Lipinski definition) is 2. The maximum atomic E-state index is 13.4. The second-order valence-electron chi connectivity index (χ2n) is 10.3. The van der Waals surface area contributed by atoms with Gasteiger partial charge in [-0.1, -0.05) is 58.8 Å². The van der Waals surface area contributed by atoms with Gasteiger partial charge in [0.2, 0.25) is 11.8 Å². The predicted molar refractivity (Wildman–Crippen MR) is 126 cm³/mol. The van der Waals surface area contributed by atoms with Crippen molar-refractivity contribution in [2.75, 3.05) is 19.6 Å². The van der Waals surface area contributed by atoms with Crippen LogP contribution in [0.5, 0.6) is 0 Å². The molecular formula is C25H44N4O3. The highest BCUT2D eigenvalue weighted by molar-refractivity contribution is 5.88. The lowest BCUT2D eigenvalue weighted by Gasteiger charge is -2.43. The first-order valence-corrected chi connectivity index (χ1v) is 13.1. The average molecular weight is 449 g/mol. The van der Waals surface area contributed by atoms with Gasteiger partial charge in [-0.05, 0) is 38.5 Å². The van der Waals surface area contributed by atoms with Gasteiger partial charge in [-0.3, -0.25) is 9.59 Å². The van der Waals surface area contributed by atoms with Gasteiger partial charge >= 0.3 is 6.03 Å². The van der Waals surface area contributed by atoms with Crippen LogP contribution in [0, 0.1) is 11.8 Å². The zero-order valence-electron chi connectivity index (χ0n) is 20.4. The first-order chi connectivity index (χ1) is 15.4. The van der Waals surface area contributed by atoms with Crippen molar-refractivity contribution in [2.45, 2.75) is 110 Å². The maximum Gasteiger partial charge on any atom is 0.315 e. The molecule has 2 aliphatic carbocycles. The Morgan fingerprint density at radius 3 is 2.16 bits per heavy atom. The van der Waals surface area contributed by atoms with E-state index in [1.54, 1.807) is 0 Å². The predicted octanol–water partition coefficient (Wildman–Crippen LogP) is 3.67. The first-order valence-electron chi connectivity index (χ1n) is 13.1. The summed E-state index contributed by atoms with van der Waals surface area (Å²) in [5, 5.41) is 6.07. The van der Waals surface area contributed by atoms with Crippen molar-refractivity contribution in [3.05, 3.63) is 0 Å². The molecule has 0 aromatic carbocycles. The Bertz CT molecular complexity index is 643. The number of nitrogens with zero attached hydrogens (tertiary/aromatic N) is 2. The molecule has 0 spiro atoms. The van der Waals surface area contributed by atoms with Crippen LogP contribution in [0.25, 0.3) is 0 Å². The molecule has 0 radical (unpaired) electrons. The molecule has 1 aliphatic heterocycles. The van der Waals surface area contributed by atoms with Crippen molar-refractivity contribution >= 4 is 17.8 Å². The van der Waals surface area contributed by atoms with Crippen molar-refractivity contribution < 1.29 is 14.4 Å². The summed E-state index contributed by atoms with van der Waals surface area (Å²) in [6.07, 6.45) is 11.9. The molecule has 4 amide bonds. The molecule has 0 aromatic rings. The minimum atomic E-state index is -0.531. The fraction of sp³-hybridized carbons (Fsp3) is 0.880. The number of nitrogens with one attached hydrogen (secondary N) is 2. The second-order valence-corrected chi connectivity index (χ2v) is 10.3. The molecule has 0 bridgehead atoms. The van der Waals surface area contributed by atoms with E-state index in [-0.39, 0.29) is 41.8 Å². The van der Waals surface area contributed by atoms with E-state index < -0.39 is 6.04 Å². The van der Waals surface area contributed by atoms with Crippen molar-refractivity contribution in [3.8, 4) is 0 Å². The highest BCUT2D eigenvalue weighted by Crippen LogP contribution is 2.27. The molecule has 1 heterocycles. The molecule has 182 valence electrons. The topological polar surface area (TPSA) is 81.8 Å². The van der Waals surface area contributed by atoms with Gasteiger partial charge in [0.1, 0.15) is 6.04 Å². The van der Waals surface area contributed by atoms with E-state index in [4.69, 9.17) is 0 Å². The van der Waals surface area contributed by atoms with Gasteiger partial charge < -0.3 is 20.4 Å². The molecule has 2 N–H and O–H groups in total. The van der Waals surface area contributed by atoms with Gasteiger partial charge in [0.05, 0.1) is 0 Å². The minimum Gasteiger partial charge on any atom is -0.337 e. The van der Waals surface area contributed by atoms with Gasteiger partial charge in [-0.2, -0.15) is 0 Å². The fourth-order valence-corrected chi connectivity index (χ4v) is 5.56. The van der Waals surface area contributed by atoms with Gasteiger partial charge in [-0.15, -0.1) is 0 Å². The van der Waals surface area contributed by atoms with Crippen LogP contribution in [0.1, 0.15) is 91.4 Å². The summed E-state index contributed by atoms with van der Waals surface area (Å²) in [6, 6.07) is -0.535. The molecular weight excluding hydrogens is 404 g/mol. The van der Waals surface area contributed by atoms with Crippen molar-refractivity contribution in [2.24, 2.45) is 11.8 Å². The maximum absolute atomic E-state index is 13.4. The largest absolute Gasteiger partial charge is 0.337 e. The molecule has 7 heteroatoms. The zero-order chi connectivity index (χ0) is 23.1. The van der Waals surface area contributed by atoms with Gasteiger partial charge in [-0.25, -0.2) is 4.79 Å². The summed E-state index contributed by atoms with van der Waals surface area (Å²) in [5.74, 6) is 0.464. The van der Waals surface area contributed by atoms with Crippen LogP contribution >= 0.6 is 0 Å². The number of urea groups is 1. The van der Waals surface area contributed by atoms with Gasteiger partial charge in [0.15, 0.2) is 0 Å². The van der Waals surface area contributed by atoms with E-state index in [1.807, 2.05) is 23.6 Å². The van der Waals surface area contributed by atoms with E-state index in [1.165, 1.54) is 12.8 Å². The number of hydrogen-bond acceptors (Lipinski definition) is 3. The van der Waals surface area contributed by atoms with Crippen LogP contribution in [-0.2, 0) is 9.59 Å². The van der Waals surface area contributed by atoms with Crippen LogP contribution in [0.15, 0.2) is 0 Å². The molecule has 3 rings (SSSR count). The fourth-order valence-electron chi connectivity index (χ4n) is 5.56. The summed E-state index contributed by atoms with van der Waals surface area (Å²) >= 11 is 0. The Kier molecular flexibility index (Phi) is 9.23. The normalized spacial score (nSPS) is 25.2. The monoisotopic (exact) mass is 448 g/mol. The molecule has 2 saturated carbocycles. The molecule has 3 unspecified atom stereocenters. The smallest absolute Gasteiger partial charge is 0.315 e. The third-order valence-electron chi connectivity index (χ3n) is 7.88. The lowest BCUT2D eigenvalue weighted by molar-refractivity contribution is -0.147. The Morgan fingerprint density at radius 2 is 1.56 bits per heavy atom. The van der Waals surface area contributed by atoms with Crippen LogP contribution < -0.4 is 10.6 Å². The van der Waals surface area contributed by atoms with Crippen molar-refractivity contribution in [1.82, 2.24) is 20.4 Å². The summed E-state index contributed by atoms with van der Waals surface area (Å²) in [6.45, 7) is 7.78. The van der Waals surface area contributed by atoms with E-state index in [2.05, 4.69) is 17.6 Å². The summed E-state index contributed by atoms with van der Waals surface area (Å²) in [5.41, 5.74) is 0. The molecule has 3 aliphatic rings. The Balaban J connectivity index is 1.56. The number of carbonyl (C=O) groups is 3. The van der Waals surface area contributed by atoms with E-state index in [0.717, 1.165) is 57.8 Å². The average Bonchev–Trinajstić information content (AvgIpc) is 2.82. The van der Waals surface area contributed by atoms with Crippen molar-refractivity contribution in [3.63, 3.8) is 0 Å². The third-order valence-corrected chi connectivity index (χ3v) is 7.88. The molecule has 3 fully saturated rings.